The normalized spacial score (nSPS) is 21.2. The summed E-state index contributed by atoms with van der Waals surface area (Å²) in [5, 5.41) is 0.368. The molecule has 10 heteroatoms. The lowest BCUT2D eigenvalue weighted by Crippen LogP contribution is -2.50. The molecule has 0 saturated carbocycles. The Morgan fingerprint density at radius 2 is 1.79 bits per heavy atom. The molecule has 0 radical (unpaired) electrons. The smallest absolute Gasteiger partial charge is 0.330 e. The first-order valence-electron chi connectivity index (χ1n) is 11.8. The zero-order chi connectivity index (χ0) is 25.4. The number of hydrogen-bond donors (Lipinski definition) is 1. The van der Waals surface area contributed by atoms with E-state index in [-0.39, 0.29) is 13.0 Å². The molecule has 1 aliphatic heterocycles. The van der Waals surface area contributed by atoms with Gasteiger partial charge >= 0.3 is 11.7 Å². The molecule has 188 valence electrons. The molecule has 1 N–H and O–H groups in total. The fourth-order valence-corrected chi connectivity index (χ4v) is 11.4. The van der Waals surface area contributed by atoms with Gasteiger partial charge < -0.3 is 13.9 Å². The van der Waals surface area contributed by atoms with E-state index in [0.717, 1.165) is 4.47 Å². The van der Waals surface area contributed by atoms with Crippen LogP contribution in [0.25, 0.3) is 10.9 Å². The number of aromatic amines is 1. The summed E-state index contributed by atoms with van der Waals surface area (Å²) < 4.78 is 20.8. The molecule has 34 heavy (non-hydrogen) atoms. The highest BCUT2D eigenvalue weighted by Gasteiger charge is 2.47. The summed E-state index contributed by atoms with van der Waals surface area (Å²) in [6.45, 7) is 14.9. The van der Waals surface area contributed by atoms with Crippen LogP contribution in [0.2, 0.25) is 16.6 Å². The predicted octanol–water partition coefficient (Wildman–Crippen LogP) is 4.86. The van der Waals surface area contributed by atoms with Crippen LogP contribution in [0.3, 0.4) is 0 Å². The van der Waals surface area contributed by atoms with Gasteiger partial charge in [0.05, 0.1) is 17.5 Å². The SMILES string of the molecule is CC(=O)O[C@H]1C[C@H](n2c(=O)[nH]c(=O)c3cc(Br)ccc32)O[C@@H]1CO[Si](C(C)C)(C(C)C)C(C)C. The average molecular weight is 556 g/mol. The van der Waals surface area contributed by atoms with Crippen molar-refractivity contribution in [1.29, 1.82) is 0 Å². The summed E-state index contributed by atoms with van der Waals surface area (Å²) in [5.41, 5.74) is 0.598. The number of esters is 1. The summed E-state index contributed by atoms with van der Waals surface area (Å²) in [5.74, 6) is -0.415. The van der Waals surface area contributed by atoms with Gasteiger partial charge in [0.1, 0.15) is 18.4 Å². The lowest BCUT2D eigenvalue weighted by atomic mass is 10.1. The molecule has 1 aliphatic rings. The lowest BCUT2D eigenvalue weighted by Gasteiger charge is -2.42. The molecule has 3 rings (SSSR count). The number of carbonyl (C=O) groups excluding carboxylic acids is 1. The number of hydrogen-bond acceptors (Lipinski definition) is 6. The monoisotopic (exact) mass is 554 g/mol. The average Bonchev–Trinajstić information content (AvgIpc) is 3.09. The zero-order valence-corrected chi connectivity index (χ0v) is 23.5. The van der Waals surface area contributed by atoms with Gasteiger partial charge in [-0.15, -0.1) is 0 Å². The van der Waals surface area contributed by atoms with E-state index in [1.54, 1.807) is 18.2 Å². The van der Waals surface area contributed by atoms with Crippen molar-refractivity contribution in [2.24, 2.45) is 0 Å². The largest absolute Gasteiger partial charge is 0.460 e. The number of halogens is 1. The Hall–Kier alpha value is -1.75. The van der Waals surface area contributed by atoms with Gasteiger partial charge in [0.2, 0.25) is 0 Å². The second-order valence-electron chi connectivity index (χ2n) is 9.93. The van der Waals surface area contributed by atoms with E-state index in [4.69, 9.17) is 13.9 Å². The molecule has 2 heterocycles. The quantitative estimate of drug-likeness (QED) is 0.369. The maximum absolute atomic E-state index is 12.8. The second kappa shape index (κ2) is 10.5. The van der Waals surface area contributed by atoms with Gasteiger partial charge in [0.15, 0.2) is 8.32 Å². The van der Waals surface area contributed by atoms with Crippen LogP contribution in [0.5, 0.6) is 0 Å². The van der Waals surface area contributed by atoms with Crippen molar-refractivity contribution in [3.05, 3.63) is 43.5 Å². The minimum Gasteiger partial charge on any atom is -0.460 e. The van der Waals surface area contributed by atoms with Crippen molar-refractivity contribution >= 4 is 41.1 Å². The van der Waals surface area contributed by atoms with Crippen LogP contribution in [-0.2, 0) is 18.7 Å². The fraction of sp³-hybridized carbons (Fsp3) is 0.625. The van der Waals surface area contributed by atoms with Crippen LogP contribution < -0.4 is 11.2 Å². The molecule has 0 unspecified atom stereocenters. The molecular weight excluding hydrogens is 520 g/mol. The Morgan fingerprint density at radius 1 is 1.18 bits per heavy atom. The van der Waals surface area contributed by atoms with Gasteiger partial charge in [0.25, 0.3) is 5.56 Å². The minimum atomic E-state index is -2.18. The molecular formula is C24H35BrN2O6Si. The maximum Gasteiger partial charge on any atom is 0.330 e. The number of nitrogens with one attached hydrogen (secondary N) is 1. The van der Waals surface area contributed by atoms with E-state index in [9.17, 15) is 14.4 Å². The number of aromatic nitrogens is 2. The summed E-state index contributed by atoms with van der Waals surface area (Å²) in [4.78, 5) is 39.4. The molecule has 0 aliphatic carbocycles. The van der Waals surface area contributed by atoms with Crippen LogP contribution in [0.1, 0.15) is 61.1 Å². The van der Waals surface area contributed by atoms with Gasteiger partial charge in [0, 0.05) is 17.8 Å². The fourth-order valence-electron chi connectivity index (χ4n) is 5.59. The molecule has 2 aromatic rings. The summed E-state index contributed by atoms with van der Waals surface area (Å²) in [6, 6.07) is 5.14. The first-order valence-corrected chi connectivity index (χ1v) is 14.7. The number of H-pyrrole nitrogens is 1. The number of rotatable bonds is 8. The van der Waals surface area contributed by atoms with Crippen molar-refractivity contribution in [3.63, 3.8) is 0 Å². The first-order chi connectivity index (χ1) is 15.9. The van der Waals surface area contributed by atoms with Gasteiger partial charge in [-0.25, -0.2) is 4.79 Å². The van der Waals surface area contributed by atoms with Crippen molar-refractivity contribution in [2.45, 2.75) is 89.9 Å². The summed E-state index contributed by atoms with van der Waals surface area (Å²) in [6.07, 6.45) is -1.52. The van der Waals surface area contributed by atoms with Gasteiger partial charge in [-0.3, -0.25) is 19.1 Å². The second-order valence-corrected chi connectivity index (χ2v) is 16.3. The highest BCUT2D eigenvalue weighted by Crippen LogP contribution is 2.43. The predicted molar refractivity (Wildman–Crippen MR) is 138 cm³/mol. The van der Waals surface area contributed by atoms with Crippen LogP contribution in [0, 0.1) is 0 Å². The molecule has 8 nitrogen and oxygen atoms in total. The third-order valence-electron chi connectivity index (χ3n) is 6.89. The Kier molecular flexibility index (Phi) is 8.27. The van der Waals surface area contributed by atoms with Gasteiger partial charge in [-0.1, -0.05) is 57.5 Å². The van der Waals surface area contributed by atoms with E-state index in [2.05, 4.69) is 62.5 Å². The van der Waals surface area contributed by atoms with Crippen molar-refractivity contribution in [3.8, 4) is 0 Å². The number of ether oxygens (including phenoxy) is 2. The minimum absolute atomic E-state index is 0.275. The number of nitrogens with zero attached hydrogens (tertiary/aromatic N) is 1. The van der Waals surface area contributed by atoms with Crippen molar-refractivity contribution < 1.29 is 18.7 Å². The zero-order valence-electron chi connectivity index (χ0n) is 20.9. The lowest BCUT2D eigenvalue weighted by molar-refractivity contribution is -0.150. The number of carbonyl (C=O) groups is 1. The first kappa shape index (κ1) is 26.8. The topological polar surface area (TPSA) is 99.6 Å². The van der Waals surface area contributed by atoms with Gasteiger partial charge in [-0.2, -0.15) is 0 Å². The summed E-state index contributed by atoms with van der Waals surface area (Å²) >= 11 is 3.37. The molecule has 1 fully saturated rings. The van der Waals surface area contributed by atoms with Crippen molar-refractivity contribution in [1.82, 2.24) is 9.55 Å². The van der Waals surface area contributed by atoms with E-state index >= 15 is 0 Å². The highest BCUT2D eigenvalue weighted by molar-refractivity contribution is 9.10. The highest BCUT2D eigenvalue weighted by atomic mass is 79.9. The molecule has 3 atom stereocenters. The molecule has 1 saturated heterocycles. The van der Waals surface area contributed by atoms with E-state index in [1.165, 1.54) is 11.5 Å². The summed E-state index contributed by atoms with van der Waals surface area (Å²) in [7, 11) is -2.18. The number of fused-ring (bicyclic) bond motifs is 1. The Morgan fingerprint density at radius 3 is 2.35 bits per heavy atom. The third kappa shape index (κ3) is 5.10. The van der Waals surface area contributed by atoms with Gasteiger partial charge in [-0.05, 0) is 34.8 Å². The molecule has 0 spiro atoms. The van der Waals surface area contributed by atoms with E-state index < -0.39 is 44.0 Å². The maximum atomic E-state index is 12.8. The Labute approximate surface area is 209 Å². The van der Waals surface area contributed by atoms with E-state index in [1.807, 2.05) is 0 Å². The molecule has 0 amide bonds. The molecule has 1 aromatic carbocycles. The van der Waals surface area contributed by atoms with Crippen LogP contribution in [0.4, 0.5) is 0 Å². The molecule has 1 aromatic heterocycles. The van der Waals surface area contributed by atoms with Crippen molar-refractivity contribution in [2.75, 3.05) is 6.61 Å². The third-order valence-corrected chi connectivity index (χ3v) is 13.5. The van der Waals surface area contributed by atoms with E-state index in [0.29, 0.717) is 27.5 Å². The Balaban J connectivity index is 1.97. The standard InChI is InChI=1S/C24H35BrN2O6Si/c1-13(2)34(14(3)4,15(5)6)31-12-21-20(32-16(7)28)11-22(33-21)27-19-9-8-17(25)10-18(19)23(29)26-24(27)30/h8-10,13-15,20-22H,11-12H2,1-7H3,(H,26,29,30)/t20-,21+,22+/m0/s1. The van der Waals surface area contributed by atoms with Crippen LogP contribution in [0.15, 0.2) is 32.3 Å². The van der Waals surface area contributed by atoms with Crippen LogP contribution >= 0.6 is 15.9 Å². The molecule has 0 bridgehead atoms. The Bertz CT molecular complexity index is 1140. The number of benzene rings is 1. The van der Waals surface area contributed by atoms with Crippen LogP contribution in [-0.4, -0.2) is 42.7 Å².